The fraction of sp³-hybridized carbons (Fsp3) is 0.615. The molecule has 16 heavy (non-hydrogen) atoms. The molecule has 1 aromatic heterocycles. The summed E-state index contributed by atoms with van der Waals surface area (Å²) in [6.07, 6.45) is 4.48. The van der Waals surface area contributed by atoms with Crippen molar-refractivity contribution in [3.8, 4) is 0 Å². The molecule has 0 bridgehead atoms. The van der Waals surface area contributed by atoms with E-state index < -0.39 is 0 Å². The van der Waals surface area contributed by atoms with Gasteiger partial charge in [0.05, 0.1) is 4.47 Å². The number of aromatic nitrogens is 1. The minimum absolute atomic E-state index is 0.644. The summed E-state index contributed by atoms with van der Waals surface area (Å²) in [5.74, 6) is 1.81. The monoisotopic (exact) mass is 282 g/mol. The lowest BCUT2D eigenvalue weighted by atomic mass is 10.0. The lowest BCUT2D eigenvalue weighted by molar-refractivity contribution is 0.489. The normalized spacial score (nSPS) is 20.8. The van der Waals surface area contributed by atoms with Gasteiger partial charge in [-0.1, -0.05) is 13.8 Å². The van der Waals surface area contributed by atoms with Gasteiger partial charge in [0, 0.05) is 18.8 Å². The van der Waals surface area contributed by atoms with Crippen molar-refractivity contribution < 1.29 is 0 Å². The molecule has 0 N–H and O–H groups in total. The maximum Gasteiger partial charge on any atom is 0.143 e. The third kappa shape index (κ3) is 2.10. The summed E-state index contributed by atoms with van der Waals surface area (Å²) in [5, 5.41) is 0. The molecule has 88 valence electrons. The molecule has 0 radical (unpaired) electrons. The van der Waals surface area contributed by atoms with Crippen LogP contribution in [0.4, 0.5) is 5.82 Å². The molecule has 0 aromatic carbocycles. The van der Waals surface area contributed by atoms with Gasteiger partial charge >= 0.3 is 0 Å². The van der Waals surface area contributed by atoms with Crippen LogP contribution in [0.2, 0.25) is 0 Å². The molecule has 2 heterocycles. The Kier molecular flexibility index (Phi) is 3.53. The van der Waals surface area contributed by atoms with Gasteiger partial charge in [-0.25, -0.2) is 4.98 Å². The maximum atomic E-state index is 4.53. The summed E-state index contributed by atoms with van der Waals surface area (Å²) < 4.78 is 1.16. The van der Waals surface area contributed by atoms with Gasteiger partial charge in [-0.05, 0) is 53.2 Å². The van der Waals surface area contributed by atoms with Gasteiger partial charge in [0.15, 0.2) is 0 Å². The van der Waals surface area contributed by atoms with Gasteiger partial charge in [0.1, 0.15) is 5.82 Å². The molecule has 1 unspecified atom stereocenters. The number of anilines is 1. The van der Waals surface area contributed by atoms with Crippen LogP contribution >= 0.6 is 15.9 Å². The van der Waals surface area contributed by atoms with E-state index >= 15 is 0 Å². The number of rotatable bonds is 2. The summed E-state index contributed by atoms with van der Waals surface area (Å²) in [6, 6.07) is 2.69. The van der Waals surface area contributed by atoms with Crippen molar-refractivity contribution in [1.82, 2.24) is 4.98 Å². The lowest BCUT2D eigenvalue weighted by Gasteiger charge is -2.29. The number of aryl methyl sites for hydroxylation is 1. The van der Waals surface area contributed by atoms with Crippen LogP contribution in [0.5, 0.6) is 0 Å². The second kappa shape index (κ2) is 4.74. The largest absolute Gasteiger partial charge is 0.352 e. The van der Waals surface area contributed by atoms with Gasteiger partial charge < -0.3 is 4.90 Å². The molecule has 1 saturated heterocycles. The zero-order valence-corrected chi connectivity index (χ0v) is 11.8. The molecule has 1 aliphatic heterocycles. The van der Waals surface area contributed by atoms with Crippen molar-refractivity contribution in [2.75, 3.05) is 11.4 Å². The fourth-order valence-corrected chi connectivity index (χ4v) is 2.94. The quantitative estimate of drug-likeness (QED) is 0.821. The number of hydrogen-bond acceptors (Lipinski definition) is 2. The highest BCUT2D eigenvalue weighted by molar-refractivity contribution is 9.10. The number of nitrogens with zero attached hydrogens (tertiary/aromatic N) is 2. The van der Waals surface area contributed by atoms with Crippen molar-refractivity contribution in [3.05, 3.63) is 22.3 Å². The van der Waals surface area contributed by atoms with E-state index in [0.717, 1.165) is 16.8 Å². The van der Waals surface area contributed by atoms with Gasteiger partial charge in [-0.2, -0.15) is 0 Å². The standard InChI is InChI=1S/C13H19BrN2/c1-9(2)11-5-4-8-16(11)13-12(14)10(3)6-7-15-13/h6-7,9,11H,4-5,8H2,1-3H3. The van der Waals surface area contributed by atoms with E-state index in [-0.39, 0.29) is 0 Å². The summed E-state index contributed by atoms with van der Waals surface area (Å²) >= 11 is 3.66. The van der Waals surface area contributed by atoms with Crippen LogP contribution in [0.1, 0.15) is 32.3 Å². The maximum absolute atomic E-state index is 4.53. The Balaban J connectivity index is 2.33. The van der Waals surface area contributed by atoms with Crippen molar-refractivity contribution >= 4 is 21.7 Å². The first-order valence-corrected chi connectivity index (χ1v) is 6.78. The SMILES string of the molecule is Cc1ccnc(N2CCCC2C(C)C)c1Br. The summed E-state index contributed by atoms with van der Waals surface area (Å²) in [6.45, 7) is 7.85. The third-order valence-electron chi connectivity index (χ3n) is 3.40. The second-order valence-corrected chi connectivity index (χ2v) is 5.71. The average Bonchev–Trinajstić information content (AvgIpc) is 2.70. The van der Waals surface area contributed by atoms with Crippen LogP contribution in [0.25, 0.3) is 0 Å². The van der Waals surface area contributed by atoms with Gasteiger partial charge in [0.25, 0.3) is 0 Å². The first-order valence-electron chi connectivity index (χ1n) is 5.99. The van der Waals surface area contributed by atoms with E-state index in [9.17, 15) is 0 Å². The lowest BCUT2D eigenvalue weighted by Crippen LogP contribution is -2.34. The van der Waals surface area contributed by atoms with Gasteiger partial charge in [-0.3, -0.25) is 0 Å². The average molecular weight is 283 g/mol. The van der Waals surface area contributed by atoms with E-state index in [1.807, 2.05) is 12.3 Å². The first kappa shape index (κ1) is 11.9. The molecule has 1 aliphatic rings. The Hall–Kier alpha value is -0.570. The molecule has 1 atom stereocenters. The van der Waals surface area contributed by atoms with Crippen molar-refractivity contribution in [2.24, 2.45) is 5.92 Å². The highest BCUT2D eigenvalue weighted by Gasteiger charge is 2.29. The summed E-state index contributed by atoms with van der Waals surface area (Å²) in [5.41, 5.74) is 1.26. The zero-order valence-electron chi connectivity index (χ0n) is 10.2. The van der Waals surface area contributed by atoms with Crippen LogP contribution in [0.3, 0.4) is 0 Å². The predicted octanol–water partition coefficient (Wildman–Crippen LogP) is 3.78. The molecule has 0 amide bonds. The first-order chi connectivity index (χ1) is 7.61. The van der Waals surface area contributed by atoms with E-state index in [2.05, 4.69) is 46.6 Å². The summed E-state index contributed by atoms with van der Waals surface area (Å²) in [4.78, 5) is 6.99. The van der Waals surface area contributed by atoms with Gasteiger partial charge in [-0.15, -0.1) is 0 Å². The van der Waals surface area contributed by atoms with Crippen molar-refractivity contribution in [1.29, 1.82) is 0 Å². The number of halogens is 1. The molecule has 1 fully saturated rings. The smallest absolute Gasteiger partial charge is 0.143 e. The van der Waals surface area contributed by atoms with E-state index in [0.29, 0.717) is 12.0 Å². The molecule has 1 aromatic rings. The molecule has 0 spiro atoms. The van der Waals surface area contributed by atoms with Gasteiger partial charge in [0.2, 0.25) is 0 Å². The molecular weight excluding hydrogens is 264 g/mol. The van der Waals surface area contributed by atoms with Crippen molar-refractivity contribution in [2.45, 2.75) is 39.7 Å². The molecule has 0 saturated carbocycles. The zero-order chi connectivity index (χ0) is 11.7. The third-order valence-corrected chi connectivity index (χ3v) is 4.38. The minimum atomic E-state index is 0.644. The second-order valence-electron chi connectivity index (χ2n) is 4.91. The number of hydrogen-bond donors (Lipinski definition) is 0. The van der Waals surface area contributed by atoms with Crippen LogP contribution in [0, 0.1) is 12.8 Å². The van der Waals surface area contributed by atoms with Crippen molar-refractivity contribution in [3.63, 3.8) is 0 Å². The molecule has 0 aliphatic carbocycles. The Labute approximate surface area is 106 Å². The van der Waals surface area contributed by atoms with Crippen LogP contribution in [-0.4, -0.2) is 17.6 Å². The van der Waals surface area contributed by atoms with E-state index in [1.54, 1.807) is 0 Å². The Morgan fingerprint density at radius 1 is 1.50 bits per heavy atom. The Morgan fingerprint density at radius 3 is 2.94 bits per heavy atom. The Morgan fingerprint density at radius 2 is 2.25 bits per heavy atom. The molecular formula is C13H19BrN2. The van der Waals surface area contributed by atoms with E-state index in [1.165, 1.54) is 18.4 Å². The Bertz CT molecular complexity index is 376. The summed E-state index contributed by atoms with van der Waals surface area (Å²) in [7, 11) is 0. The topological polar surface area (TPSA) is 16.1 Å². The van der Waals surface area contributed by atoms with Crippen LogP contribution < -0.4 is 4.90 Å². The molecule has 2 nitrogen and oxygen atoms in total. The number of pyridine rings is 1. The van der Waals surface area contributed by atoms with Crippen LogP contribution in [-0.2, 0) is 0 Å². The minimum Gasteiger partial charge on any atom is -0.352 e. The fourth-order valence-electron chi connectivity index (χ4n) is 2.47. The van der Waals surface area contributed by atoms with Crippen LogP contribution in [0.15, 0.2) is 16.7 Å². The predicted molar refractivity (Wildman–Crippen MR) is 71.9 cm³/mol. The molecule has 2 rings (SSSR count). The highest BCUT2D eigenvalue weighted by atomic mass is 79.9. The molecule has 3 heteroatoms. The van der Waals surface area contributed by atoms with E-state index in [4.69, 9.17) is 0 Å². The highest BCUT2D eigenvalue weighted by Crippen LogP contribution is 2.34.